The molecule has 0 spiro atoms. The Balaban J connectivity index is 1.93. The van der Waals surface area contributed by atoms with Gasteiger partial charge in [0.1, 0.15) is 5.75 Å². The highest BCUT2D eigenvalue weighted by Crippen LogP contribution is 2.16. The average molecular weight is 354 g/mol. The van der Waals surface area contributed by atoms with E-state index >= 15 is 0 Å². The predicted molar refractivity (Wildman–Crippen MR) is 103 cm³/mol. The Labute approximate surface area is 155 Å². The van der Waals surface area contributed by atoms with Crippen molar-refractivity contribution in [1.82, 2.24) is 4.90 Å². The molecule has 0 aliphatic heterocycles. The molecule has 2 amide bonds. The van der Waals surface area contributed by atoms with Crippen LogP contribution in [0.3, 0.4) is 0 Å². The minimum absolute atomic E-state index is 0.0405. The summed E-state index contributed by atoms with van der Waals surface area (Å²) in [7, 11) is 1.63. The molecule has 5 nitrogen and oxygen atoms in total. The predicted octanol–water partition coefficient (Wildman–Crippen LogP) is 3.34. The Bertz CT molecular complexity index is 769. The Morgan fingerprint density at radius 2 is 1.77 bits per heavy atom. The Hall–Kier alpha value is -2.82. The van der Waals surface area contributed by atoms with Gasteiger partial charge in [0.2, 0.25) is 11.8 Å². The van der Waals surface area contributed by atoms with Gasteiger partial charge in [-0.3, -0.25) is 9.59 Å². The summed E-state index contributed by atoms with van der Waals surface area (Å²) in [6, 6.07) is 13.6. The highest BCUT2D eigenvalue weighted by atomic mass is 16.5. The van der Waals surface area contributed by atoms with E-state index in [0.29, 0.717) is 13.0 Å². The number of amides is 2. The molecular weight excluding hydrogens is 328 g/mol. The van der Waals surface area contributed by atoms with E-state index < -0.39 is 0 Å². The first-order chi connectivity index (χ1) is 12.4. The lowest BCUT2D eigenvalue weighted by molar-refractivity contribution is -0.132. The van der Waals surface area contributed by atoms with Crippen molar-refractivity contribution in [1.29, 1.82) is 0 Å². The lowest BCUT2D eigenvalue weighted by atomic mass is 10.1. The molecule has 0 fully saturated rings. The molecule has 2 aromatic carbocycles. The second kappa shape index (κ2) is 9.04. The first-order valence-electron chi connectivity index (χ1n) is 8.64. The van der Waals surface area contributed by atoms with Gasteiger partial charge < -0.3 is 15.0 Å². The highest BCUT2D eigenvalue weighted by Gasteiger charge is 2.14. The zero-order valence-electron chi connectivity index (χ0n) is 15.8. The average Bonchev–Trinajstić information content (AvgIpc) is 2.61. The number of rotatable bonds is 7. The number of ether oxygens (including phenoxy) is 1. The SMILES string of the molecule is COc1ccc(CCN(CC(=O)Nc2ccc(C)cc2C)C(C)=O)cc1. The van der Waals surface area contributed by atoms with Crippen molar-refractivity contribution >= 4 is 17.5 Å². The highest BCUT2D eigenvalue weighted by molar-refractivity contribution is 5.94. The van der Waals surface area contributed by atoms with Gasteiger partial charge in [0.25, 0.3) is 0 Å². The van der Waals surface area contributed by atoms with Crippen LogP contribution in [0.5, 0.6) is 5.75 Å². The fourth-order valence-electron chi connectivity index (χ4n) is 2.72. The molecule has 138 valence electrons. The monoisotopic (exact) mass is 354 g/mol. The standard InChI is InChI=1S/C21H26N2O3/c1-15-5-10-20(16(2)13-15)22-21(25)14-23(17(3)24)12-11-18-6-8-19(26-4)9-7-18/h5-10,13H,11-12,14H2,1-4H3,(H,22,25). The van der Waals surface area contributed by atoms with Gasteiger partial charge in [-0.05, 0) is 49.6 Å². The number of nitrogens with zero attached hydrogens (tertiary/aromatic N) is 1. The number of methoxy groups -OCH3 is 1. The van der Waals surface area contributed by atoms with Gasteiger partial charge >= 0.3 is 0 Å². The fourth-order valence-corrected chi connectivity index (χ4v) is 2.72. The minimum Gasteiger partial charge on any atom is -0.497 e. The lowest BCUT2D eigenvalue weighted by Gasteiger charge is -2.21. The molecule has 0 bridgehead atoms. The quantitative estimate of drug-likeness (QED) is 0.830. The number of carbonyl (C=O) groups is 2. The zero-order valence-corrected chi connectivity index (χ0v) is 15.8. The number of aryl methyl sites for hydroxylation is 2. The van der Waals surface area contributed by atoms with E-state index in [-0.39, 0.29) is 18.4 Å². The van der Waals surface area contributed by atoms with Gasteiger partial charge in [-0.15, -0.1) is 0 Å². The Morgan fingerprint density at radius 1 is 1.08 bits per heavy atom. The molecule has 5 heteroatoms. The molecule has 0 aliphatic rings. The van der Waals surface area contributed by atoms with Crippen LogP contribution in [0.1, 0.15) is 23.6 Å². The first-order valence-corrected chi connectivity index (χ1v) is 8.64. The van der Waals surface area contributed by atoms with Crippen LogP contribution in [0.25, 0.3) is 0 Å². The number of carbonyl (C=O) groups excluding carboxylic acids is 2. The van der Waals surface area contributed by atoms with Crippen molar-refractivity contribution in [2.24, 2.45) is 0 Å². The molecule has 26 heavy (non-hydrogen) atoms. The number of hydrogen-bond donors (Lipinski definition) is 1. The fraction of sp³-hybridized carbons (Fsp3) is 0.333. The zero-order chi connectivity index (χ0) is 19.1. The van der Waals surface area contributed by atoms with E-state index in [1.54, 1.807) is 12.0 Å². The molecule has 0 atom stereocenters. The van der Waals surface area contributed by atoms with Gasteiger partial charge in [-0.2, -0.15) is 0 Å². The van der Waals surface area contributed by atoms with Crippen molar-refractivity contribution in [3.63, 3.8) is 0 Å². The van der Waals surface area contributed by atoms with Gasteiger partial charge in [0, 0.05) is 19.2 Å². The molecule has 0 saturated carbocycles. The summed E-state index contributed by atoms with van der Waals surface area (Å²) >= 11 is 0. The minimum atomic E-state index is -0.193. The van der Waals surface area contributed by atoms with E-state index in [1.807, 2.05) is 56.3 Å². The molecule has 0 aromatic heterocycles. The molecule has 1 N–H and O–H groups in total. The third-order valence-electron chi connectivity index (χ3n) is 4.27. The smallest absolute Gasteiger partial charge is 0.244 e. The first kappa shape index (κ1) is 19.5. The second-order valence-corrected chi connectivity index (χ2v) is 6.41. The van der Waals surface area contributed by atoms with E-state index in [1.165, 1.54) is 6.92 Å². The molecule has 0 saturated heterocycles. The molecular formula is C21H26N2O3. The van der Waals surface area contributed by atoms with Crippen LogP contribution in [-0.4, -0.2) is 36.9 Å². The van der Waals surface area contributed by atoms with Gasteiger partial charge in [-0.25, -0.2) is 0 Å². The molecule has 0 aliphatic carbocycles. The van der Waals surface area contributed by atoms with Crippen LogP contribution in [0, 0.1) is 13.8 Å². The number of nitrogens with one attached hydrogen (secondary N) is 1. The van der Waals surface area contributed by atoms with Crippen LogP contribution in [0.4, 0.5) is 5.69 Å². The topological polar surface area (TPSA) is 58.6 Å². The summed E-state index contributed by atoms with van der Waals surface area (Å²) in [4.78, 5) is 25.8. The summed E-state index contributed by atoms with van der Waals surface area (Å²) in [6.07, 6.45) is 0.681. The number of benzene rings is 2. The van der Waals surface area contributed by atoms with Gasteiger partial charge in [0.05, 0.1) is 13.7 Å². The van der Waals surface area contributed by atoms with Crippen molar-refractivity contribution < 1.29 is 14.3 Å². The van der Waals surface area contributed by atoms with Crippen molar-refractivity contribution in [2.45, 2.75) is 27.2 Å². The van der Waals surface area contributed by atoms with Crippen LogP contribution < -0.4 is 10.1 Å². The summed E-state index contributed by atoms with van der Waals surface area (Å²) in [5.74, 6) is 0.487. The summed E-state index contributed by atoms with van der Waals surface area (Å²) < 4.78 is 5.14. The van der Waals surface area contributed by atoms with Gasteiger partial charge in [-0.1, -0.05) is 29.8 Å². The molecule has 2 aromatic rings. The van der Waals surface area contributed by atoms with Crippen molar-refractivity contribution in [3.05, 3.63) is 59.2 Å². The third-order valence-corrected chi connectivity index (χ3v) is 4.27. The van der Waals surface area contributed by atoms with E-state index in [2.05, 4.69) is 5.32 Å². The van der Waals surface area contributed by atoms with Crippen molar-refractivity contribution in [2.75, 3.05) is 25.5 Å². The third kappa shape index (κ3) is 5.62. The van der Waals surface area contributed by atoms with Crippen molar-refractivity contribution in [3.8, 4) is 5.75 Å². The summed E-state index contributed by atoms with van der Waals surface area (Å²) in [5.41, 5.74) is 4.02. The second-order valence-electron chi connectivity index (χ2n) is 6.41. The Kier molecular flexibility index (Phi) is 6.78. The maximum Gasteiger partial charge on any atom is 0.244 e. The van der Waals surface area contributed by atoms with Crippen LogP contribution in [0.2, 0.25) is 0 Å². The van der Waals surface area contributed by atoms with E-state index in [0.717, 1.165) is 28.1 Å². The van der Waals surface area contributed by atoms with Gasteiger partial charge in [0.15, 0.2) is 0 Å². The number of hydrogen-bond acceptors (Lipinski definition) is 3. The molecule has 0 heterocycles. The lowest BCUT2D eigenvalue weighted by Crippen LogP contribution is -2.38. The maximum atomic E-state index is 12.3. The normalized spacial score (nSPS) is 10.3. The molecule has 0 unspecified atom stereocenters. The largest absolute Gasteiger partial charge is 0.497 e. The van der Waals surface area contributed by atoms with Crippen LogP contribution >= 0.6 is 0 Å². The maximum absolute atomic E-state index is 12.3. The van der Waals surface area contributed by atoms with Crippen LogP contribution in [0.15, 0.2) is 42.5 Å². The Morgan fingerprint density at radius 3 is 2.35 bits per heavy atom. The van der Waals surface area contributed by atoms with E-state index in [4.69, 9.17) is 4.74 Å². The summed E-state index contributed by atoms with van der Waals surface area (Å²) in [6.45, 7) is 5.98. The molecule has 0 radical (unpaired) electrons. The van der Waals surface area contributed by atoms with Crippen LogP contribution in [-0.2, 0) is 16.0 Å². The molecule has 2 rings (SSSR count). The van der Waals surface area contributed by atoms with E-state index in [9.17, 15) is 9.59 Å². The number of anilines is 1. The summed E-state index contributed by atoms with van der Waals surface area (Å²) in [5, 5.41) is 2.89.